The lowest BCUT2D eigenvalue weighted by atomic mass is 9.91. The highest BCUT2D eigenvalue weighted by Crippen LogP contribution is 2.37. The van der Waals surface area contributed by atoms with Crippen molar-refractivity contribution in [1.29, 1.82) is 0 Å². The van der Waals surface area contributed by atoms with Gasteiger partial charge in [0.1, 0.15) is 6.04 Å². The monoisotopic (exact) mass is 264 g/mol. The Morgan fingerprint density at radius 2 is 1.95 bits per heavy atom. The zero-order chi connectivity index (χ0) is 13.7. The van der Waals surface area contributed by atoms with Gasteiger partial charge in [0.25, 0.3) is 0 Å². The maximum atomic E-state index is 12.4. The van der Waals surface area contributed by atoms with Crippen molar-refractivity contribution in [2.75, 3.05) is 10.2 Å². The average Bonchev–Trinajstić information content (AvgIpc) is 2.45. The summed E-state index contributed by atoms with van der Waals surface area (Å²) in [5.74, 6) is 0.109. The van der Waals surface area contributed by atoms with Gasteiger partial charge in [-0.1, -0.05) is 30.3 Å². The molecule has 2 aromatic carbocycles. The molecule has 2 aliphatic rings. The van der Waals surface area contributed by atoms with E-state index in [1.165, 1.54) is 16.7 Å². The van der Waals surface area contributed by atoms with Gasteiger partial charge in [0.2, 0.25) is 5.91 Å². The quantitative estimate of drug-likeness (QED) is 0.793. The molecule has 0 bridgehead atoms. The number of rotatable bonds is 0. The molecular formula is C17H16N2O. The first-order chi connectivity index (χ1) is 9.72. The van der Waals surface area contributed by atoms with Crippen LogP contribution in [0.3, 0.4) is 0 Å². The SMILES string of the molecule is Cc1ccc2c(c1)NC(=O)C1Cc3ccccc3CN21. The van der Waals surface area contributed by atoms with Crippen LogP contribution in [0, 0.1) is 6.92 Å². The molecule has 1 N–H and O–H groups in total. The molecule has 3 heteroatoms. The van der Waals surface area contributed by atoms with Gasteiger partial charge >= 0.3 is 0 Å². The van der Waals surface area contributed by atoms with E-state index in [-0.39, 0.29) is 11.9 Å². The van der Waals surface area contributed by atoms with Crippen molar-refractivity contribution in [1.82, 2.24) is 0 Å². The predicted octanol–water partition coefficient (Wildman–Crippen LogP) is 2.88. The third-order valence-corrected chi connectivity index (χ3v) is 4.27. The number of hydrogen-bond acceptors (Lipinski definition) is 2. The predicted molar refractivity (Wildman–Crippen MR) is 79.9 cm³/mol. The van der Waals surface area contributed by atoms with Crippen LogP contribution in [-0.4, -0.2) is 11.9 Å². The number of carbonyl (C=O) groups excluding carboxylic acids is 1. The number of hydrogen-bond donors (Lipinski definition) is 1. The van der Waals surface area contributed by atoms with Crippen LogP contribution in [0.2, 0.25) is 0 Å². The van der Waals surface area contributed by atoms with Crippen LogP contribution < -0.4 is 10.2 Å². The van der Waals surface area contributed by atoms with Crippen LogP contribution >= 0.6 is 0 Å². The molecule has 1 amide bonds. The molecule has 0 radical (unpaired) electrons. The van der Waals surface area contributed by atoms with Crippen molar-refractivity contribution in [2.45, 2.75) is 25.9 Å². The Morgan fingerprint density at radius 3 is 2.80 bits per heavy atom. The Labute approximate surface area is 118 Å². The van der Waals surface area contributed by atoms with E-state index in [1.54, 1.807) is 0 Å². The molecule has 2 aromatic rings. The number of carbonyl (C=O) groups is 1. The standard InChI is InChI=1S/C17H16N2O/c1-11-6-7-15-14(8-11)18-17(20)16-9-12-4-2-3-5-13(12)10-19(15)16/h2-8,16H,9-10H2,1H3,(H,18,20). The lowest BCUT2D eigenvalue weighted by molar-refractivity contribution is -0.117. The van der Waals surface area contributed by atoms with E-state index in [2.05, 4.69) is 40.5 Å². The highest BCUT2D eigenvalue weighted by molar-refractivity contribution is 6.04. The lowest BCUT2D eigenvalue weighted by Crippen LogP contribution is -2.51. The molecular weight excluding hydrogens is 248 g/mol. The van der Waals surface area contributed by atoms with Gasteiger partial charge in [-0.05, 0) is 35.7 Å². The van der Waals surface area contributed by atoms with Crippen LogP contribution in [0.25, 0.3) is 0 Å². The number of amides is 1. The molecule has 0 saturated heterocycles. The van der Waals surface area contributed by atoms with E-state index in [0.717, 1.165) is 24.3 Å². The third kappa shape index (κ3) is 1.63. The molecule has 0 spiro atoms. The van der Waals surface area contributed by atoms with E-state index >= 15 is 0 Å². The van der Waals surface area contributed by atoms with Crippen molar-refractivity contribution in [2.24, 2.45) is 0 Å². The molecule has 1 atom stereocenters. The molecule has 4 rings (SSSR count). The van der Waals surface area contributed by atoms with Gasteiger partial charge in [0, 0.05) is 13.0 Å². The number of anilines is 2. The van der Waals surface area contributed by atoms with Crippen LogP contribution in [0.1, 0.15) is 16.7 Å². The normalized spacial score (nSPS) is 19.8. The minimum absolute atomic E-state index is 0.0832. The molecule has 100 valence electrons. The Balaban J connectivity index is 1.83. The van der Waals surface area contributed by atoms with Gasteiger partial charge in [0.15, 0.2) is 0 Å². The summed E-state index contributed by atoms with van der Waals surface area (Å²) < 4.78 is 0. The van der Waals surface area contributed by atoms with Crippen molar-refractivity contribution in [3.8, 4) is 0 Å². The van der Waals surface area contributed by atoms with Crippen LogP contribution in [0.5, 0.6) is 0 Å². The van der Waals surface area contributed by atoms with Crippen LogP contribution in [0.15, 0.2) is 42.5 Å². The highest BCUT2D eigenvalue weighted by Gasteiger charge is 2.36. The lowest BCUT2D eigenvalue weighted by Gasteiger charge is -2.41. The second-order valence-corrected chi connectivity index (χ2v) is 5.63. The summed E-state index contributed by atoms with van der Waals surface area (Å²) in [6.07, 6.45) is 0.787. The summed E-state index contributed by atoms with van der Waals surface area (Å²) in [5, 5.41) is 3.05. The molecule has 1 unspecified atom stereocenters. The van der Waals surface area contributed by atoms with Crippen molar-refractivity contribution in [3.63, 3.8) is 0 Å². The van der Waals surface area contributed by atoms with Gasteiger partial charge in [0.05, 0.1) is 11.4 Å². The Bertz CT molecular complexity index is 708. The van der Waals surface area contributed by atoms with Gasteiger partial charge < -0.3 is 10.2 Å². The minimum Gasteiger partial charge on any atom is -0.353 e. The molecule has 3 nitrogen and oxygen atoms in total. The Morgan fingerprint density at radius 1 is 1.15 bits per heavy atom. The second kappa shape index (κ2) is 4.10. The van der Waals surface area contributed by atoms with Gasteiger partial charge in [-0.2, -0.15) is 0 Å². The van der Waals surface area contributed by atoms with Gasteiger partial charge in [-0.3, -0.25) is 4.79 Å². The van der Waals surface area contributed by atoms with Crippen LogP contribution in [0.4, 0.5) is 11.4 Å². The number of fused-ring (bicyclic) bond motifs is 4. The first-order valence-corrected chi connectivity index (χ1v) is 6.97. The first kappa shape index (κ1) is 11.5. The van der Waals surface area contributed by atoms with E-state index < -0.39 is 0 Å². The zero-order valence-electron chi connectivity index (χ0n) is 11.4. The summed E-state index contributed by atoms with van der Waals surface area (Å²) >= 11 is 0. The Kier molecular flexibility index (Phi) is 2.36. The summed E-state index contributed by atoms with van der Waals surface area (Å²) in [6, 6.07) is 14.6. The third-order valence-electron chi connectivity index (χ3n) is 4.27. The second-order valence-electron chi connectivity index (χ2n) is 5.63. The number of aryl methyl sites for hydroxylation is 1. The fourth-order valence-electron chi connectivity index (χ4n) is 3.23. The van der Waals surface area contributed by atoms with Gasteiger partial charge in [-0.25, -0.2) is 0 Å². The fraction of sp³-hybridized carbons (Fsp3) is 0.235. The molecule has 0 aromatic heterocycles. The summed E-state index contributed by atoms with van der Waals surface area (Å²) in [5.41, 5.74) is 5.85. The minimum atomic E-state index is -0.0832. The van der Waals surface area contributed by atoms with Crippen LogP contribution in [-0.2, 0) is 17.8 Å². The van der Waals surface area contributed by atoms with E-state index in [1.807, 2.05) is 19.1 Å². The fourth-order valence-corrected chi connectivity index (χ4v) is 3.23. The molecule has 2 heterocycles. The van der Waals surface area contributed by atoms with E-state index in [9.17, 15) is 4.79 Å². The molecule has 0 saturated carbocycles. The van der Waals surface area contributed by atoms with E-state index in [0.29, 0.717) is 0 Å². The maximum Gasteiger partial charge on any atom is 0.247 e. The summed E-state index contributed by atoms with van der Waals surface area (Å²) in [4.78, 5) is 14.6. The Hall–Kier alpha value is -2.29. The van der Waals surface area contributed by atoms with Crippen molar-refractivity contribution in [3.05, 3.63) is 59.2 Å². The zero-order valence-corrected chi connectivity index (χ0v) is 11.4. The number of benzene rings is 2. The molecule has 0 aliphatic carbocycles. The van der Waals surface area contributed by atoms with Crippen molar-refractivity contribution >= 4 is 17.3 Å². The average molecular weight is 264 g/mol. The van der Waals surface area contributed by atoms with Crippen molar-refractivity contribution < 1.29 is 4.79 Å². The number of nitrogens with one attached hydrogen (secondary N) is 1. The highest BCUT2D eigenvalue weighted by atomic mass is 16.2. The summed E-state index contributed by atoms with van der Waals surface area (Å²) in [7, 11) is 0. The first-order valence-electron chi connectivity index (χ1n) is 6.97. The molecule has 20 heavy (non-hydrogen) atoms. The maximum absolute atomic E-state index is 12.4. The largest absolute Gasteiger partial charge is 0.353 e. The smallest absolute Gasteiger partial charge is 0.247 e. The molecule has 0 fully saturated rings. The van der Waals surface area contributed by atoms with E-state index in [4.69, 9.17) is 0 Å². The summed E-state index contributed by atoms with van der Waals surface area (Å²) in [6.45, 7) is 2.86. The number of nitrogens with zero attached hydrogens (tertiary/aromatic N) is 1. The topological polar surface area (TPSA) is 32.3 Å². The van der Waals surface area contributed by atoms with Gasteiger partial charge in [-0.15, -0.1) is 0 Å². The molecule has 2 aliphatic heterocycles.